The fraction of sp³-hybridized carbons (Fsp3) is 0.259. The molecule has 5 rings (SSSR count). The van der Waals surface area contributed by atoms with Gasteiger partial charge in [0.1, 0.15) is 30.1 Å². The zero-order valence-electron chi connectivity index (χ0n) is 19.6. The van der Waals surface area contributed by atoms with Crippen LogP contribution in [0.1, 0.15) is 28.3 Å². The summed E-state index contributed by atoms with van der Waals surface area (Å²) in [6.07, 6.45) is 3.71. The van der Waals surface area contributed by atoms with Crippen LogP contribution in [0.3, 0.4) is 0 Å². The van der Waals surface area contributed by atoms with Gasteiger partial charge in [0, 0.05) is 49.9 Å². The van der Waals surface area contributed by atoms with Gasteiger partial charge >= 0.3 is 0 Å². The Bertz CT molecular complexity index is 1360. The monoisotopic (exact) mass is 468 g/mol. The fourth-order valence-electron chi connectivity index (χ4n) is 4.47. The second-order valence-corrected chi connectivity index (χ2v) is 8.75. The predicted octanol–water partition coefficient (Wildman–Crippen LogP) is 4.35. The molecule has 2 aromatic carbocycles. The van der Waals surface area contributed by atoms with Gasteiger partial charge in [0.2, 0.25) is 5.95 Å². The quantitative estimate of drug-likeness (QED) is 0.532. The number of aromatic nitrogens is 2. The molecule has 3 aromatic rings. The maximum Gasteiger partial charge on any atom is 0.229 e. The Morgan fingerprint density at radius 2 is 1.97 bits per heavy atom. The van der Waals surface area contributed by atoms with Gasteiger partial charge in [-0.05, 0) is 49.0 Å². The zero-order chi connectivity index (χ0) is 24.4. The summed E-state index contributed by atoms with van der Waals surface area (Å²) in [6.45, 7) is 2.37. The molecular weight excluding hydrogens is 443 g/mol. The standard InChI is InChI=1S/C27H25FN6O/c1-33-16-22(18-6-9-20(28)10-7-18)25-23(17-33)26-32-27(31-25)30-21-11-8-19(15-29)24(14-21)35-13-5-3-4-12-34(26)2/h4-11,14,22H,12-13,16-17H2,1-2H3,(H,30,31,32). The molecule has 0 aliphatic carbocycles. The van der Waals surface area contributed by atoms with Gasteiger partial charge in [-0.15, -0.1) is 5.73 Å². The first-order valence-electron chi connectivity index (χ1n) is 11.4. The number of fused-ring (bicyclic) bond motifs is 6. The van der Waals surface area contributed by atoms with Crippen molar-refractivity contribution >= 4 is 17.5 Å². The second kappa shape index (κ2) is 9.59. The third-order valence-corrected chi connectivity index (χ3v) is 6.18. The van der Waals surface area contributed by atoms with Crippen LogP contribution in [0.25, 0.3) is 0 Å². The maximum absolute atomic E-state index is 13.6. The predicted molar refractivity (Wildman–Crippen MR) is 132 cm³/mol. The van der Waals surface area contributed by atoms with E-state index >= 15 is 0 Å². The van der Waals surface area contributed by atoms with E-state index < -0.39 is 0 Å². The SMILES string of the molecule is CN1Cc2c(nc3nc2N(C)CC=C=CCOc2cc(ccc2C#N)N3)C(c2ccc(F)cc2)C1. The molecule has 1 unspecified atom stereocenters. The summed E-state index contributed by atoms with van der Waals surface area (Å²) >= 11 is 0. The van der Waals surface area contributed by atoms with Crippen molar-refractivity contribution in [2.75, 3.05) is 44.0 Å². The molecule has 1 N–H and O–H groups in total. The molecule has 4 bridgehead atoms. The van der Waals surface area contributed by atoms with Crippen LogP contribution in [0.2, 0.25) is 0 Å². The van der Waals surface area contributed by atoms with Crippen LogP contribution < -0.4 is 15.0 Å². The van der Waals surface area contributed by atoms with E-state index in [-0.39, 0.29) is 11.7 Å². The van der Waals surface area contributed by atoms with Crippen molar-refractivity contribution in [3.8, 4) is 11.8 Å². The van der Waals surface area contributed by atoms with Crippen LogP contribution in [0.4, 0.5) is 21.8 Å². The highest BCUT2D eigenvalue weighted by molar-refractivity contribution is 5.63. The molecule has 2 aliphatic rings. The molecule has 0 spiro atoms. The number of ether oxygens (including phenoxy) is 1. The van der Waals surface area contributed by atoms with E-state index in [0.717, 1.165) is 34.9 Å². The molecule has 8 heteroatoms. The summed E-state index contributed by atoms with van der Waals surface area (Å²) < 4.78 is 19.4. The van der Waals surface area contributed by atoms with Gasteiger partial charge in [-0.2, -0.15) is 10.2 Å². The highest BCUT2D eigenvalue weighted by Crippen LogP contribution is 2.37. The number of rotatable bonds is 1. The molecular formula is C27H25FN6O. The molecule has 0 fully saturated rings. The minimum Gasteiger partial charge on any atom is -0.487 e. The Morgan fingerprint density at radius 3 is 2.77 bits per heavy atom. The second-order valence-electron chi connectivity index (χ2n) is 8.75. The van der Waals surface area contributed by atoms with Crippen molar-refractivity contribution < 1.29 is 9.13 Å². The Kier molecular flexibility index (Phi) is 6.19. The number of hydrogen-bond acceptors (Lipinski definition) is 7. The van der Waals surface area contributed by atoms with Gasteiger partial charge in [0.25, 0.3) is 0 Å². The number of nitrogens with one attached hydrogen (secondary N) is 1. The minimum absolute atomic E-state index is 0.0331. The van der Waals surface area contributed by atoms with Crippen LogP contribution in [0, 0.1) is 17.1 Å². The van der Waals surface area contributed by atoms with Gasteiger partial charge in [0.15, 0.2) is 0 Å². The lowest BCUT2D eigenvalue weighted by molar-refractivity contribution is 0.291. The third-order valence-electron chi connectivity index (χ3n) is 6.18. The van der Waals surface area contributed by atoms with Crippen LogP contribution >= 0.6 is 0 Å². The van der Waals surface area contributed by atoms with Gasteiger partial charge in [-0.3, -0.25) is 0 Å². The van der Waals surface area contributed by atoms with Crippen LogP contribution in [0.5, 0.6) is 5.75 Å². The average molecular weight is 469 g/mol. The van der Waals surface area contributed by atoms with Crippen molar-refractivity contribution in [1.82, 2.24) is 14.9 Å². The normalized spacial score (nSPS) is 17.5. The largest absolute Gasteiger partial charge is 0.487 e. The first kappa shape index (κ1) is 22.6. The number of likely N-dealkylation sites (N-methyl/N-ethyl adjacent to an activating group) is 2. The number of halogens is 1. The summed E-state index contributed by atoms with van der Waals surface area (Å²) in [4.78, 5) is 14.1. The molecule has 7 nitrogen and oxygen atoms in total. The van der Waals surface area contributed by atoms with Crippen molar-refractivity contribution in [2.45, 2.75) is 12.5 Å². The topological polar surface area (TPSA) is 77.3 Å². The molecule has 0 saturated carbocycles. The molecule has 176 valence electrons. The number of nitriles is 1. The highest BCUT2D eigenvalue weighted by Gasteiger charge is 2.31. The number of nitrogens with zero attached hydrogens (tertiary/aromatic N) is 5. The first-order chi connectivity index (χ1) is 17.0. The van der Waals surface area contributed by atoms with E-state index in [0.29, 0.717) is 37.0 Å². The van der Waals surface area contributed by atoms with Gasteiger partial charge in [-0.25, -0.2) is 9.37 Å². The van der Waals surface area contributed by atoms with Crippen LogP contribution in [-0.4, -0.2) is 48.7 Å². The van der Waals surface area contributed by atoms with Crippen molar-refractivity contribution in [3.63, 3.8) is 0 Å². The van der Waals surface area contributed by atoms with Gasteiger partial charge < -0.3 is 19.9 Å². The van der Waals surface area contributed by atoms with Crippen LogP contribution in [-0.2, 0) is 6.54 Å². The summed E-state index contributed by atoms with van der Waals surface area (Å²) in [6, 6.07) is 14.1. The van der Waals surface area contributed by atoms with E-state index in [9.17, 15) is 9.65 Å². The van der Waals surface area contributed by atoms with E-state index in [2.05, 4.69) is 34.0 Å². The number of benzene rings is 2. The first-order valence-corrected chi connectivity index (χ1v) is 11.4. The van der Waals surface area contributed by atoms with E-state index in [1.54, 1.807) is 18.2 Å². The number of anilines is 3. The van der Waals surface area contributed by atoms with Gasteiger partial charge in [0.05, 0.1) is 11.3 Å². The van der Waals surface area contributed by atoms with E-state index in [1.165, 1.54) is 12.1 Å². The Hall–Kier alpha value is -4.18. The van der Waals surface area contributed by atoms with E-state index in [4.69, 9.17) is 14.7 Å². The van der Waals surface area contributed by atoms with Crippen molar-refractivity contribution in [3.05, 3.63) is 88.5 Å². The molecule has 2 aliphatic heterocycles. The summed E-state index contributed by atoms with van der Waals surface area (Å²) in [5.74, 6) is 1.47. The molecule has 0 saturated heterocycles. The van der Waals surface area contributed by atoms with Crippen molar-refractivity contribution in [2.24, 2.45) is 0 Å². The summed E-state index contributed by atoms with van der Waals surface area (Å²) in [5.41, 5.74) is 7.29. The molecule has 1 aromatic heterocycles. The minimum atomic E-state index is -0.260. The van der Waals surface area contributed by atoms with Crippen LogP contribution in [0.15, 0.2) is 60.3 Å². The molecule has 3 heterocycles. The average Bonchev–Trinajstić information content (AvgIpc) is 2.85. The highest BCUT2D eigenvalue weighted by atomic mass is 19.1. The van der Waals surface area contributed by atoms with Crippen molar-refractivity contribution in [1.29, 1.82) is 5.26 Å². The molecule has 0 radical (unpaired) electrons. The Balaban J connectivity index is 1.66. The Labute approximate surface area is 203 Å². The molecule has 1 atom stereocenters. The number of hydrogen-bond donors (Lipinski definition) is 1. The smallest absolute Gasteiger partial charge is 0.229 e. The molecule has 0 amide bonds. The lowest BCUT2D eigenvalue weighted by Gasteiger charge is -2.34. The lowest BCUT2D eigenvalue weighted by atomic mass is 9.88. The zero-order valence-corrected chi connectivity index (χ0v) is 19.6. The fourth-order valence-corrected chi connectivity index (χ4v) is 4.47. The van der Waals surface area contributed by atoms with E-state index in [1.807, 2.05) is 31.3 Å². The van der Waals surface area contributed by atoms with Gasteiger partial charge in [-0.1, -0.05) is 12.1 Å². The lowest BCUT2D eigenvalue weighted by Crippen LogP contribution is -2.34. The maximum atomic E-state index is 13.6. The molecule has 35 heavy (non-hydrogen) atoms. The summed E-state index contributed by atoms with van der Waals surface area (Å²) in [5, 5.41) is 12.7. The Morgan fingerprint density at radius 1 is 1.14 bits per heavy atom. The third kappa shape index (κ3) is 4.73. The summed E-state index contributed by atoms with van der Waals surface area (Å²) in [7, 11) is 4.07.